The molecule has 2 atom stereocenters. The molecule has 4 nitrogen and oxygen atoms in total. The van der Waals surface area contributed by atoms with Crippen molar-refractivity contribution in [1.82, 2.24) is 9.80 Å². The summed E-state index contributed by atoms with van der Waals surface area (Å²) in [5.41, 5.74) is 0.632. The summed E-state index contributed by atoms with van der Waals surface area (Å²) >= 11 is 12.4. The number of aliphatic hydroxyl groups excluding tert-OH is 1. The van der Waals surface area contributed by atoms with Crippen LogP contribution >= 0.6 is 23.2 Å². The number of benzene rings is 1. The summed E-state index contributed by atoms with van der Waals surface area (Å²) in [7, 11) is 2.09. The van der Waals surface area contributed by atoms with Gasteiger partial charge in [0.05, 0.1) is 13.0 Å². The van der Waals surface area contributed by atoms with Gasteiger partial charge in [-0.2, -0.15) is 0 Å². The predicted octanol–water partition coefficient (Wildman–Crippen LogP) is 2.84. The minimum atomic E-state index is -0.0637. The summed E-state index contributed by atoms with van der Waals surface area (Å²) in [6.07, 6.45) is 3.22. The number of carbonyl (C=O) groups excluding carboxylic acids is 1. The summed E-state index contributed by atoms with van der Waals surface area (Å²) in [5.74, 6) is 0.0514. The van der Waals surface area contributed by atoms with Gasteiger partial charge in [-0.05, 0) is 50.6 Å². The van der Waals surface area contributed by atoms with Gasteiger partial charge in [0.15, 0.2) is 0 Å². The predicted molar refractivity (Wildman–Crippen MR) is 96.5 cm³/mol. The fourth-order valence-corrected chi connectivity index (χ4v) is 4.74. The lowest BCUT2D eigenvalue weighted by Crippen LogP contribution is -2.62. The number of likely N-dealkylation sites (tertiary alicyclic amines) is 2. The molecule has 0 unspecified atom stereocenters. The van der Waals surface area contributed by atoms with Gasteiger partial charge in [0.2, 0.25) is 5.91 Å². The van der Waals surface area contributed by atoms with Crippen LogP contribution in [0.2, 0.25) is 10.0 Å². The monoisotopic (exact) mass is 370 g/mol. The molecule has 3 rings (SSSR count). The van der Waals surface area contributed by atoms with Crippen LogP contribution in [0.25, 0.3) is 0 Å². The van der Waals surface area contributed by atoms with Gasteiger partial charge in [0.1, 0.15) is 0 Å². The van der Waals surface area contributed by atoms with Crippen molar-refractivity contribution in [1.29, 1.82) is 0 Å². The molecule has 0 aromatic heterocycles. The Bertz CT molecular complexity index is 605. The van der Waals surface area contributed by atoms with E-state index in [1.165, 1.54) is 0 Å². The van der Waals surface area contributed by atoms with Crippen molar-refractivity contribution < 1.29 is 9.90 Å². The van der Waals surface area contributed by atoms with E-state index in [1.54, 1.807) is 18.2 Å². The molecule has 6 heteroatoms. The smallest absolute Gasteiger partial charge is 0.227 e. The quantitative estimate of drug-likeness (QED) is 0.889. The van der Waals surface area contributed by atoms with Gasteiger partial charge >= 0.3 is 0 Å². The maximum atomic E-state index is 12.8. The van der Waals surface area contributed by atoms with Gasteiger partial charge in [-0.15, -0.1) is 0 Å². The molecule has 2 aliphatic heterocycles. The van der Waals surface area contributed by atoms with E-state index in [4.69, 9.17) is 23.2 Å². The second-order valence-corrected chi connectivity index (χ2v) is 7.90. The molecule has 132 valence electrons. The third-order valence-electron chi connectivity index (χ3n) is 5.75. The van der Waals surface area contributed by atoms with Crippen LogP contribution in [-0.2, 0) is 11.2 Å². The molecule has 0 bridgehead atoms. The first-order valence-corrected chi connectivity index (χ1v) is 9.24. The number of rotatable bonds is 3. The molecule has 2 heterocycles. The Kier molecular flexibility index (Phi) is 5.40. The number of fused-ring (bicyclic) bond motifs is 1. The molecule has 2 fully saturated rings. The lowest BCUT2D eigenvalue weighted by Gasteiger charge is -2.53. The molecule has 0 aliphatic carbocycles. The Balaban J connectivity index is 1.73. The van der Waals surface area contributed by atoms with Gasteiger partial charge in [-0.25, -0.2) is 0 Å². The van der Waals surface area contributed by atoms with Crippen molar-refractivity contribution in [3.05, 3.63) is 33.8 Å². The van der Waals surface area contributed by atoms with Crippen molar-refractivity contribution in [2.45, 2.75) is 31.7 Å². The lowest BCUT2D eigenvalue weighted by molar-refractivity contribution is -0.139. The van der Waals surface area contributed by atoms with Crippen LogP contribution in [0.1, 0.15) is 24.8 Å². The van der Waals surface area contributed by atoms with Crippen molar-refractivity contribution in [3.8, 4) is 0 Å². The van der Waals surface area contributed by atoms with Crippen LogP contribution in [0, 0.1) is 5.41 Å². The van der Waals surface area contributed by atoms with Crippen LogP contribution in [0.3, 0.4) is 0 Å². The summed E-state index contributed by atoms with van der Waals surface area (Å²) in [4.78, 5) is 17.0. The Morgan fingerprint density at radius 2 is 2.00 bits per heavy atom. The summed E-state index contributed by atoms with van der Waals surface area (Å²) < 4.78 is 0. The average Bonchev–Trinajstić information content (AvgIpc) is 2.58. The fourth-order valence-electron chi connectivity index (χ4n) is 4.21. The number of nitrogens with zero attached hydrogens (tertiary/aromatic N) is 2. The Labute approximate surface area is 153 Å². The first-order chi connectivity index (χ1) is 11.5. The maximum Gasteiger partial charge on any atom is 0.227 e. The first-order valence-electron chi connectivity index (χ1n) is 8.48. The van der Waals surface area contributed by atoms with E-state index in [1.807, 2.05) is 4.90 Å². The SMILES string of the molecule is CN1CCC[C@]2(CO)CCN(C(=O)Cc3c(Cl)cccc3Cl)C[C@@H]12. The fraction of sp³-hybridized carbons (Fsp3) is 0.611. The molecule has 1 N–H and O–H groups in total. The summed E-state index contributed by atoms with van der Waals surface area (Å²) in [6, 6.07) is 5.53. The molecule has 24 heavy (non-hydrogen) atoms. The highest BCUT2D eigenvalue weighted by Crippen LogP contribution is 2.41. The van der Waals surface area contributed by atoms with Gasteiger partial charge in [0.25, 0.3) is 0 Å². The lowest BCUT2D eigenvalue weighted by atomic mass is 9.69. The molecule has 1 aromatic carbocycles. The molecule has 0 radical (unpaired) electrons. The normalized spacial score (nSPS) is 27.8. The van der Waals surface area contributed by atoms with E-state index in [9.17, 15) is 9.90 Å². The molecule has 0 saturated carbocycles. The third-order valence-corrected chi connectivity index (χ3v) is 6.46. The largest absolute Gasteiger partial charge is 0.396 e. The zero-order valence-corrected chi connectivity index (χ0v) is 15.5. The molecule has 0 spiro atoms. The highest BCUT2D eigenvalue weighted by molar-refractivity contribution is 6.36. The van der Waals surface area contributed by atoms with Crippen LogP contribution in [-0.4, -0.2) is 60.1 Å². The number of amides is 1. The number of piperidine rings is 2. The number of hydrogen-bond donors (Lipinski definition) is 1. The van der Waals surface area contributed by atoms with Gasteiger partial charge in [0, 0.05) is 34.6 Å². The standard InChI is InChI=1S/C18H24Cl2N2O2/c1-21-8-3-6-18(12-23)7-9-22(11-16(18)21)17(24)10-13-14(19)4-2-5-15(13)20/h2,4-5,16,23H,3,6-12H2,1H3/t16-,18-/m1/s1. The van der Waals surface area contributed by atoms with Crippen LogP contribution in [0.4, 0.5) is 0 Å². The minimum Gasteiger partial charge on any atom is -0.396 e. The van der Waals surface area contributed by atoms with Crippen LogP contribution in [0.15, 0.2) is 18.2 Å². The van der Waals surface area contributed by atoms with E-state index < -0.39 is 0 Å². The maximum absolute atomic E-state index is 12.8. The topological polar surface area (TPSA) is 43.8 Å². The average molecular weight is 371 g/mol. The Morgan fingerprint density at radius 1 is 1.29 bits per heavy atom. The molecule has 1 amide bonds. The van der Waals surface area contributed by atoms with E-state index in [0.717, 1.165) is 25.8 Å². The first kappa shape index (κ1) is 18.0. The molecular weight excluding hydrogens is 347 g/mol. The number of aliphatic hydroxyl groups is 1. The highest BCUT2D eigenvalue weighted by atomic mass is 35.5. The van der Waals surface area contributed by atoms with Crippen molar-refractivity contribution in [3.63, 3.8) is 0 Å². The zero-order valence-electron chi connectivity index (χ0n) is 14.0. The Morgan fingerprint density at radius 3 is 2.67 bits per heavy atom. The van der Waals surface area contributed by atoms with Crippen LogP contribution in [0.5, 0.6) is 0 Å². The van der Waals surface area contributed by atoms with E-state index in [0.29, 0.717) is 28.7 Å². The van der Waals surface area contributed by atoms with Gasteiger partial charge in [-0.1, -0.05) is 29.3 Å². The van der Waals surface area contributed by atoms with Gasteiger partial charge < -0.3 is 14.9 Å². The zero-order chi connectivity index (χ0) is 17.3. The van der Waals surface area contributed by atoms with Crippen LogP contribution < -0.4 is 0 Å². The van der Waals surface area contributed by atoms with E-state index >= 15 is 0 Å². The van der Waals surface area contributed by atoms with Gasteiger partial charge in [-0.3, -0.25) is 4.79 Å². The number of likely N-dealkylation sites (N-methyl/N-ethyl adjacent to an activating group) is 1. The van der Waals surface area contributed by atoms with Crippen molar-refractivity contribution in [2.75, 3.05) is 33.3 Å². The second kappa shape index (κ2) is 7.20. The summed E-state index contributed by atoms with van der Waals surface area (Å²) in [5, 5.41) is 11.0. The van der Waals surface area contributed by atoms with E-state index in [-0.39, 0.29) is 30.4 Å². The third kappa shape index (κ3) is 3.30. The van der Waals surface area contributed by atoms with Crippen molar-refractivity contribution in [2.24, 2.45) is 5.41 Å². The molecular formula is C18H24Cl2N2O2. The second-order valence-electron chi connectivity index (χ2n) is 7.09. The van der Waals surface area contributed by atoms with Crippen molar-refractivity contribution >= 4 is 29.1 Å². The number of hydrogen-bond acceptors (Lipinski definition) is 3. The molecule has 2 aliphatic rings. The number of carbonyl (C=O) groups is 1. The Hall–Kier alpha value is -0.810. The number of halogens is 2. The molecule has 1 aromatic rings. The highest BCUT2D eigenvalue weighted by Gasteiger charge is 2.47. The van der Waals surface area contributed by atoms with E-state index in [2.05, 4.69) is 11.9 Å². The minimum absolute atomic E-state index is 0.0514. The summed E-state index contributed by atoms with van der Waals surface area (Å²) in [6.45, 7) is 2.56. The molecule has 2 saturated heterocycles.